The molecule has 7 N–H and O–H groups in total. The molecule has 3 heterocycles. The standard InChI is InChI=1S/C12H18FN4O12P3/c13-11(6-26-31(22,23)29-32(24,25)28-30(19,20)21)2-3-12(5-18,27-11)17-4-1-8-9(14)15-7-16-10(8)17/h1,4,7,18H,2-3,5-6H2,(H,22,23)(H,24,25)(H2,14,15,16)(H2,19,20,21)/t11-,12-/m0/s1. The smallest absolute Gasteiger partial charge is 0.391 e. The molecule has 1 saturated heterocycles. The van der Waals surface area contributed by atoms with E-state index in [1.807, 2.05) is 0 Å². The molecule has 0 aliphatic carbocycles. The predicted molar refractivity (Wildman–Crippen MR) is 101 cm³/mol. The number of nitrogen functional groups attached to an aromatic ring is 1. The summed E-state index contributed by atoms with van der Waals surface area (Å²) in [7, 11) is -16.9. The Morgan fingerprint density at radius 2 is 1.84 bits per heavy atom. The first-order valence-corrected chi connectivity index (χ1v) is 13.0. The molecule has 0 bridgehead atoms. The van der Waals surface area contributed by atoms with E-state index in [2.05, 4.69) is 23.1 Å². The van der Waals surface area contributed by atoms with Crippen LogP contribution in [-0.4, -0.2) is 58.3 Å². The van der Waals surface area contributed by atoms with Gasteiger partial charge < -0.3 is 39.7 Å². The molecule has 16 nitrogen and oxygen atoms in total. The van der Waals surface area contributed by atoms with Crippen molar-refractivity contribution in [2.24, 2.45) is 0 Å². The normalized spacial score (nSPS) is 27.9. The summed E-state index contributed by atoms with van der Waals surface area (Å²) in [6.45, 7) is -2.07. The van der Waals surface area contributed by atoms with Gasteiger partial charge in [0.25, 0.3) is 0 Å². The Hall–Kier alpha value is -1.32. The summed E-state index contributed by atoms with van der Waals surface area (Å²) in [6, 6.07) is 1.51. The number of ether oxygens (including phenoxy) is 1. The molecule has 2 aromatic rings. The van der Waals surface area contributed by atoms with Crippen molar-refractivity contribution in [1.82, 2.24) is 14.5 Å². The number of nitrogens with zero attached hydrogens (tertiary/aromatic N) is 3. The van der Waals surface area contributed by atoms with E-state index in [-0.39, 0.29) is 17.9 Å². The van der Waals surface area contributed by atoms with E-state index in [9.17, 15) is 23.7 Å². The molecule has 2 aromatic heterocycles. The van der Waals surface area contributed by atoms with Crippen molar-refractivity contribution in [3.05, 3.63) is 18.6 Å². The highest BCUT2D eigenvalue weighted by Gasteiger charge is 2.53. The summed E-state index contributed by atoms with van der Waals surface area (Å²) in [5, 5.41) is 10.3. The van der Waals surface area contributed by atoms with Gasteiger partial charge in [-0.1, -0.05) is 0 Å². The zero-order valence-electron chi connectivity index (χ0n) is 15.8. The maximum Gasteiger partial charge on any atom is 0.490 e. The Bertz CT molecular complexity index is 1160. The lowest BCUT2D eigenvalue weighted by molar-refractivity contribution is -0.231. The zero-order chi connectivity index (χ0) is 24.0. The molecule has 3 rings (SSSR count). The third-order valence-corrected chi connectivity index (χ3v) is 8.10. The van der Waals surface area contributed by atoms with Crippen molar-refractivity contribution in [1.29, 1.82) is 0 Å². The quantitative estimate of drug-likeness (QED) is 0.245. The maximum atomic E-state index is 15.2. The molecule has 4 atom stereocenters. The van der Waals surface area contributed by atoms with Crippen LogP contribution < -0.4 is 5.73 Å². The van der Waals surface area contributed by atoms with Gasteiger partial charge in [0.1, 0.15) is 24.4 Å². The number of hydrogen-bond acceptors (Lipinski definition) is 11. The fraction of sp³-hybridized carbons (Fsp3) is 0.500. The molecule has 2 unspecified atom stereocenters. The number of aliphatic hydroxyl groups excluding tert-OH is 1. The van der Waals surface area contributed by atoms with Gasteiger partial charge in [0.2, 0.25) is 5.85 Å². The first-order valence-electron chi connectivity index (χ1n) is 8.46. The molecule has 180 valence electrons. The lowest BCUT2D eigenvalue weighted by atomic mass is 10.1. The van der Waals surface area contributed by atoms with Crippen molar-refractivity contribution in [2.45, 2.75) is 24.4 Å². The summed E-state index contributed by atoms with van der Waals surface area (Å²) >= 11 is 0. The molecule has 1 fully saturated rings. The Balaban J connectivity index is 1.75. The van der Waals surface area contributed by atoms with Crippen LogP contribution in [0.25, 0.3) is 11.0 Å². The van der Waals surface area contributed by atoms with E-state index in [1.54, 1.807) is 0 Å². The fourth-order valence-corrected chi connectivity index (χ4v) is 6.11. The van der Waals surface area contributed by atoms with Crippen LogP contribution in [0.1, 0.15) is 12.8 Å². The third-order valence-electron chi connectivity index (χ3n) is 4.32. The van der Waals surface area contributed by atoms with Crippen LogP contribution in [0, 0.1) is 0 Å². The summed E-state index contributed by atoms with van der Waals surface area (Å²) < 4.78 is 67.0. The summed E-state index contributed by atoms with van der Waals surface area (Å²) in [4.78, 5) is 43.5. The van der Waals surface area contributed by atoms with Gasteiger partial charge in [-0.15, -0.1) is 0 Å². The number of nitrogens with two attached hydrogens (primary N) is 1. The van der Waals surface area contributed by atoms with Gasteiger partial charge in [-0.2, -0.15) is 8.62 Å². The molecule has 1 aliphatic heterocycles. The molecule has 32 heavy (non-hydrogen) atoms. The average Bonchev–Trinajstić information content (AvgIpc) is 3.21. The van der Waals surface area contributed by atoms with E-state index >= 15 is 4.39 Å². The van der Waals surface area contributed by atoms with E-state index in [0.717, 1.165) is 6.33 Å². The highest BCUT2D eigenvalue weighted by atomic mass is 31.3. The SMILES string of the molecule is Nc1ncnc2c1ccn2[C@@]1(CO)CC[C@@](F)(COP(=O)(O)OP(=O)(O)OP(=O)(O)O)O1. The number of aliphatic hydroxyl groups is 1. The fourth-order valence-electron chi connectivity index (χ4n) is 3.06. The number of rotatable bonds is 9. The van der Waals surface area contributed by atoms with Crippen LogP contribution in [0.5, 0.6) is 0 Å². The Labute approximate surface area is 178 Å². The number of anilines is 1. The number of hydrogen-bond donors (Lipinski definition) is 6. The van der Waals surface area contributed by atoms with Gasteiger partial charge in [0.05, 0.1) is 12.0 Å². The minimum absolute atomic E-state index is 0.124. The van der Waals surface area contributed by atoms with Crippen LogP contribution in [0.4, 0.5) is 10.2 Å². The van der Waals surface area contributed by atoms with Crippen molar-refractivity contribution < 1.29 is 60.6 Å². The monoisotopic (exact) mass is 522 g/mol. The second-order valence-corrected chi connectivity index (χ2v) is 11.1. The van der Waals surface area contributed by atoms with Crippen LogP contribution in [-0.2, 0) is 37.3 Å². The van der Waals surface area contributed by atoms with Gasteiger partial charge in [-0.25, -0.2) is 28.1 Å². The minimum atomic E-state index is -5.76. The Morgan fingerprint density at radius 3 is 2.47 bits per heavy atom. The number of aromatic nitrogens is 3. The van der Waals surface area contributed by atoms with Crippen molar-refractivity contribution in [2.75, 3.05) is 18.9 Å². The molecule has 20 heteroatoms. The van der Waals surface area contributed by atoms with E-state index in [4.69, 9.17) is 25.2 Å². The van der Waals surface area contributed by atoms with Gasteiger partial charge >= 0.3 is 23.5 Å². The number of phosphoric acid groups is 3. The van der Waals surface area contributed by atoms with Gasteiger partial charge in [0, 0.05) is 19.0 Å². The van der Waals surface area contributed by atoms with Crippen molar-refractivity contribution in [3.63, 3.8) is 0 Å². The molecular weight excluding hydrogens is 504 g/mol. The molecule has 0 radical (unpaired) electrons. The van der Waals surface area contributed by atoms with Gasteiger partial charge in [-0.3, -0.25) is 4.52 Å². The zero-order valence-corrected chi connectivity index (χ0v) is 18.5. The Kier molecular flexibility index (Phi) is 6.70. The molecule has 1 aliphatic rings. The van der Waals surface area contributed by atoms with Crippen LogP contribution in [0.3, 0.4) is 0 Å². The van der Waals surface area contributed by atoms with Crippen molar-refractivity contribution >= 4 is 40.3 Å². The molecule has 0 aromatic carbocycles. The largest absolute Gasteiger partial charge is 0.490 e. The van der Waals surface area contributed by atoms with Crippen LogP contribution >= 0.6 is 23.5 Å². The molecule has 0 amide bonds. The topological polar surface area (TPSA) is 246 Å². The number of halogens is 1. The van der Waals surface area contributed by atoms with E-state index < -0.39 is 54.7 Å². The maximum absolute atomic E-state index is 15.2. The minimum Gasteiger partial charge on any atom is -0.391 e. The Morgan fingerprint density at radius 1 is 1.16 bits per heavy atom. The molecular formula is C12H18FN4O12P3. The lowest BCUT2D eigenvalue weighted by Crippen LogP contribution is -2.41. The highest BCUT2D eigenvalue weighted by Crippen LogP contribution is 2.66. The first-order chi connectivity index (χ1) is 14.6. The highest BCUT2D eigenvalue weighted by molar-refractivity contribution is 7.66. The number of alkyl halides is 1. The summed E-state index contributed by atoms with van der Waals surface area (Å²) in [5.74, 6) is -2.66. The van der Waals surface area contributed by atoms with Gasteiger partial charge in [-0.05, 0) is 6.07 Å². The van der Waals surface area contributed by atoms with Crippen LogP contribution in [0.2, 0.25) is 0 Å². The predicted octanol–water partition coefficient (Wildman–Crippen LogP) is 0.478. The van der Waals surface area contributed by atoms with Gasteiger partial charge in [0.15, 0.2) is 5.72 Å². The second kappa shape index (κ2) is 8.47. The van der Waals surface area contributed by atoms with Crippen molar-refractivity contribution in [3.8, 4) is 0 Å². The molecule has 0 saturated carbocycles. The summed E-state index contributed by atoms with van der Waals surface area (Å²) in [5.41, 5.74) is 4.25. The first kappa shape index (κ1) is 25.3. The number of fused-ring (bicyclic) bond motifs is 1. The third kappa shape index (κ3) is 5.59. The second-order valence-electron chi connectivity index (χ2n) is 6.64. The summed E-state index contributed by atoms with van der Waals surface area (Å²) in [6.07, 6.45) is 1.93. The average molecular weight is 522 g/mol. The van der Waals surface area contributed by atoms with Crippen LogP contribution in [0.15, 0.2) is 18.6 Å². The number of phosphoric ester groups is 1. The van der Waals surface area contributed by atoms with E-state index in [0.29, 0.717) is 5.39 Å². The van der Waals surface area contributed by atoms with E-state index in [1.165, 1.54) is 16.8 Å². The molecule has 0 spiro atoms. The lowest BCUT2D eigenvalue weighted by Gasteiger charge is -2.31.